The minimum Gasteiger partial charge on any atom is -0.396 e. The molecule has 140 valence electrons. The Morgan fingerprint density at radius 3 is 1.81 bits per heavy atom. The SMILES string of the molecule is OCCCCC1CCN(C(c2ccc(F)cc2)c2ccc(F)cc2)CC1. The van der Waals surface area contributed by atoms with Crippen molar-refractivity contribution in [2.24, 2.45) is 5.92 Å². The quantitative estimate of drug-likeness (QED) is 0.709. The highest BCUT2D eigenvalue weighted by molar-refractivity contribution is 5.32. The molecule has 26 heavy (non-hydrogen) atoms. The average Bonchev–Trinajstić information content (AvgIpc) is 2.66. The molecule has 0 bridgehead atoms. The zero-order valence-corrected chi connectivity index (χ0v) is 15.1. The van der Waals surface area contributed by atoms with E-state index in [0.29, 0.717) is 5.92 Å². The predicted molar refractivity (Wildman–Crippen MR) is 99.9 cm³/mol. The molecule has 0 radical (unpaired) electrons. The summed E-state index contributed by atoms with van der Waals surface area (Å²) in [6.07, 6.45) is 5.40. The third-order valence-corrected chi connectivity index (χ3v) is 5.41. The number of piperidine rings is 1. The Bertz CT molecular complexity index is 618. The molecule has 0 saturated carbocycles. The van der Waals surface area contributed by atoms with E-state index in [-0.39, 0.29) is 24.3 Å². The number of rotatable bonds is 7. The summed E-state index contributed by atoms with van der Waals surface area (Å²) in [5.74, 6) is 0.225. The molecule has 1 heterocycles. The lowest BCUT2D eigenvalue weighted by molar-refractivity contribution is 0.144. The smallest absolute Gasteiger partial charge is 0.123 e. The summed E-state index contributed by atoms with van der Waals surface area (Å²) in [5.41, 5.74) is 2.08. The number of hydrogen-bond donors (Lipinski definition) is 1. The second kappa shape index (κ2) is 9.24. The number of unbranched alkanes of at least 4 members (excludes halogenated alkanes) is 1. The summed E-state index contributed by atoms with van der Waals surface area (Å²) in [5, 5.41) is 8.94. The van der Waals surface area contributed by atoms with Gasteiger partial charge in [0.15, 0.2) is 0 Å². The zero-order valence-electron chi connectivity index (χ0n) is 15.1. The van der Waals surface area contributed by atoms with Gasteiger partial charge in [0.1, 0.15) is 11.6 Å². The summed E-state index contributed by atoms with van der Waals surface area (Å²) in [4.78, 5) is 2.42. The van der Waals surface area contributed by atoms with E-state index < -0.39 is 0 Å². The summed E-state index contributed by atoms with van der Waals surface area (Å²) in [6, 6.07) is 13.3. The molecule has 0 amide bonds. The summed E-state index contributed by atoms with van der Waals surface area (Å²) in [7, 11) is 0. The van der Waals surface area contributed by atoms with Gasteiger partial charge in [-0.1, -0.05) is 37.1 Å². The molecule has 0 spiro atoms. The Morgan fingerprint density at radius 1 is 0.846 bits per heavy atom. The minimum atomic E-state index is -0.241. The predicted octanol–water partition coefficient (Wildman–Crippen LogP) is 4.93. The topological polar surface area (TPSA) is 23.5 Å². The first-order chi connectivity index (χ1) is 12.7. The van der Waals surface area contributed by atoms with Crippen LogP contribution in [0.2, 0.25) is 0 Å². The molecule has 2 nitrogen and oxygen atoms in total. The van der Waals surface area contributed by atoms with Crippen LogP contribution < -0.4 is 0 Å². The van der Waals surface area contributed by atoms with E-state index in [0.717, 1.165) is 49.9 Å². The van der Waals surface area contributed by atoms with E-state index in [1.54, 1.807) is 0 Å². The number of aliphatic hydroxyl groups excluding tert-OH is 1. The Hall–Kier alpha value is -1.78. The molecular formula is C22H27F2NO. The van der Waals surface area contributed by atoms with Crippen LogP contribution >= 0.6 is 0 Å². The van der Waals surface area contributed by atoms with Gasteiger partial charge in [-0.2, -0.15) is 0 Å². The van der Waals surface area contributed by atoms with Gasteiger partial charge in [0.05, 0.1) is 6.04 Å². The normalized spacial score (nSPS) is 16.3. The Labute approximate surface area is 154 Å². The van der Waals surface area contributed by atoms with Crippen LogP contribution in [0.25, 0.3) is 0 Å². The van der Waals surface area contributed by atoms with Crippen molar-refractivity contribution >= 4 is 0 Å². The van der Waals surface area contributed by atoms with Crippen LogP contribution in [0, 0.1) is 17.6 Å². The number of aliphatic hydroxyl groups is 1. The van der Waals surface area contributed by atoms with Crippen molar-refractivity contribution in [1.29, 1.82) is 0 Å². The van der Waals surface area contributed by atoms with Crippen LogP contribution in [-0.4, -0.2) is 29.7 Å². The fourth-order valence-corrected chi connectivity index (χ4v) is 3.95. The van der Waals surface area contributed by atoms with Gasteiger partial charge in [0, 0.05) is 6.61 Å². The van der Waals surface area contributed by atoms with Crippen molar-refractivity contribution in [1.82, 2.24) is 4.90 Å². The lowest BCUT2D eigenvalue weighted by Gasteiger charge is -2.38. The molecule has 3 rings (SSSR count). The van der Waals surface area contributed by atoms with E-state index in [1.165, 1.54) is 30.7 Å². The van der Waals surface area contributed by atoms with Gasteiger partial charge >= 0.3 is 0 Å². The maximum atomic E-state index is 13.4. The maximum Gasteiger partial charge on any atom is 0.123 e. The highest BCUT2D eigenvalue weighted by Crippen LogP contribution is 2.33. The minimum absolute atomic E-state index is 0.0228. The Kier molecular flexibility index (Phi) is 6.75. The van der Waals surface area contributed by atoms with Gasteiger partial charge in [-0.25, -0.2) is 8.78 Å². The highest BCUT2D eigenvalue weighted by Gasteiger charge is 2.27. The first-order valence-corrected chi connectivity index (χ1v) is 9.53. The second-order valence-electron chi connectivity index (χ2n) is 7.20. The van der Waals surface area contributed by atoms with Crippen molar-refractivity contribution in [3.05, 3.63) is 71.3 Å². The average molecular weight is 359 g/mol. The maximum absolute atomic E-state index is 13.4. The lowest BCUT2D eigenvalue weighted by atomic mass is 9.88. The van der Waals surface area contributed by atoms with Crippen LogP contribution in [0.5, 0.6) is 0 Å². The fraction of sp³-hybridized carbons (Fsp3) is 0.455. The third-order valence-electron chi connectivity index (χ3n) is 5.41. The number of halogens is 2. The first kappa shape index (κ1) is 19.0. The van der Waals surface area contributed by atoms with Gasteiger partial charge in [-0.05, 0) is 73.7 Å². The molecule has 2 aromatic rings. The number of benzene rings is 2. The molecule has 0 aliphatic carbocycles. The first-order valence-electron chi connectivity index (χ1n) is 9.53. The standard InChI is InChI=1S/C22H27F2NO/c23-20-8-4-18(5-9-20)22(19-6-10-21(24)11-7-19)25-14-12-17(13-15-25)3-1-2-16-26/h4-11,17,22,26H,1-3,12-16H2. The summed E-state index contributed by atoms with van der Waals surface area (Å²) in [6.45, 7) is 2.22. The largest absolute Gasteiger partial charge is 0.396 e. The van der Waals surface area contributed by atoms with Crippen LogP contribution in [0.1, 0.15) is 49.3 Å². The van der Waals surface area contributed by atoms with Crippen molar-refractivity contribution in [2.45, 2.75) is 38.1 Å². The van der Waals surface area contributed by atoms with Crippen LogP contribution in [-0.2, 0) is 0 Å². The molecule has 1 N–H and O–H groups in total. The number of hydrogen-bond acceptors (Lipinski definition) is 2. The molecule has 1 aliphatic rings. The molecule has 0 atom stereocenters. The van der Waals surface area contributed by atoms with E-state index >= 15 is 0 Å². The van der Waals surface area contributed by atoms with Crippen LogP contribution in [0.4, 0.5) is 8.78 Å². The lowest BCUT2D eigenvalue weighted by Crippen LogP contribution is -2.37. The molecule has 1 fully saturated rings. The van der Waals surface area contributed by atoms with E-state index in [9.17, 15) is 8.78 Å². The van der Waals surface area contributed by atoms with Crippen LogP contribution in [0.3, 0.4) is 0 Å². The molecular weight excluding hydrogens is 332 g/mol. The zero-order chi connectivity index (χ0) is 18.4. The summed E-state index contributed by atoms with van der Waals surface area (Å²) < 4.78 is 26.7. The van der Waals surface area contributed by atoms with Gasteiger partial charge in [-0.15, -0.1) is 0 Å². The van der Waals surface area contributed by atoms with Crippen LogP contribution in [0.15, 0.2) is 48.5 Å². The second-order valence-corrected chi connectivity index (χ2v) is 7.20. The van der Waals surface area contributed by atoms with Gasteiger partial charge in [-0.3, -0.25) is 4.90 Å². The summed E-state index contributed by atoms with van der Waals surface area (Å²) >= 11 is 0. The number of nitrogens with zero attached hydrogens (tertiary/aromatic N) is 1. The number of likely N-dealkylation sites (tertiary alicyclic amines) is 1. The Balaban J connectivity index is 1.74. The van der Waals surface area contributed by atoms with E-state index in [1.807, 2.05) is 24.3 Å². The van der Waals surface area contributed by atoms with Crippen molar-refractivity contribution < 1.29 is 13.9 Å². The van der Waals surface area contributed by atoms with E-state index in [4.69, 9.17) is 5.11 Å². The van der Waals surface area contributed by atoms with E-state index in [2.05, 4.69) is 4.90 Å². The van der Waals surface area contributed by atoms with Crippen molar-refractivity contribution in [3.8, 4) is 0 Å². The molecule has 1 saturated heterocycles. The van der Waals surface area contributed by atoms with Gasteiger partial charge < -0.3 is 5.11 Å². The van der Waals surface area contributed by atoms with Crippen molar-refractivity contribution in [2.75, 3.05) is 19.7 Å². The highest BCUT2D eigenvalue weighted by atomic mass is 19.1. The third kappa shape index (κ3) is 4.89. The molecule has 2 aromatic carbocycles. The Morgan fingerprint density at radius 2 is 1.35 bits per heavy atom. The fourth-order valence-electron chi connectivity index (χ4n) is 3.95. The van der Waals surface area contributed by atoms with Gasteiger partial charge in [0.25, 0.3) is 0 Å². The molecule has 4 heteroatoms. The monoisotopic (exact) mass is 359 g/mol. The molecule has 1 aliphatic heterocycles. The van der Waals surface area contributed by atoms with Gasteiger partial charge in [0.2, 0.25) is 0 Å². The molecule has 0 aromatic heterocycles. The molecule has 0 unspecified atom stereocenters. The van der Waals surface area contributed by atoms with Crippen molar-refractivity contribution in [3.63, 3.8) is 0 Å².